The van der Waals surface area contributed by atoms with E-state index in [9.17, 15) is 14.3 Å². The van der Waals surface area contributed by atoms with Crippen LogP contribution in [0.2, 0.25) is 25.7 Å². The van der Waals surface area contributed by atoms with Crippen LogP contribution in [0.3, 0.4) is 0 Å². The Morgan fingerprint density at radius 3 is 2.79 bits per heavy atom. The molecule has 1 aliphatic rings. The molecule has 24 heavy (non-hydrogen) atoms. The van der Waals surface area contributed by atoms with E-state index in [0.29, 0.717) is 25.4 Å². The molecule has 0 unspecified atom stereocenters. The predicted molar refractivity (Wildman–Crippen MR) is 95.3 cm³/mol. The third kappa shape index (κ3) is 4.94. The molecule has 0 saturated carbocycles. The number of hydrogen-bond acceptors (Lipinski definition) is 3. The summed E-state index contributed by atoms with van der Waals surface area (Å²) in [6, 6.07) is 8.12. The van der Waals surface area contributed by atoms with Crippen LogP contribution in [0.25, 0.3) is 0 Å². The maximum atomic E-state index is 12.4. The van der Waals surface area contributed by atoms with Gasteiger partial charge >= 0.3 is 6.09 Å². The summed E-state index contributed by atoms with van der Waals surface area (Å²) in [5.74, 6) is 0.524. The van der Waals surface area contributed by atoms with Crippen LogP contribution in [0.5, 0.6) is 5.75 Å². The van der Waals surface area contributed by atoms with Gasteiger partial charge in [-0.25, -0.2) is 9.18 Å². The van der Waals surface area contributed by atoms with E-state index in [1.807, 2.05) is 18.2 Å². The molecule has 134 valence electrons. The Balaban J connectivity index is 2.17. The zero-order valence-corrected chi connectivity index (χ0v) is 15.6. The number of carboxylic acid groups (broad SMARTS) is 1. The summed E-state index contributed by atoms with van der Waals surface area (Å²) in [5.41, 5.74) is 0.982. The number of nitrogens with one attached hydrogen (secondary N) is 1. The molecule has 1 fully saturated rings. The normalized spacial score (nSPS) is 20.8. The van der Waals surface area contributed by atoms with Gasteiger partial charge in [-0.15, -0.1) is 0 Å². The summed E-state index contributed by atoms with van der Waals surface area (Å²) in [7, 11) is -1.32. The Kier molecular flexibility index (Phi) is 6.23. The highest BCUT2D eigenvalue weighted by Gasteiger charge is 2.36. The number of nitrogens with zero attached hydrogens (tertiary/aromatic N) is 1. The van der Waals surface area contributed by atoms with Crippen molar-refractivity contribution < 1.29 is 19.0 Å². The quantitative estimate of drug-likeness (QED) is 0.737. The molecule has 2 atom stereocenters. The molecule has 1 amide bonds. The largest absolute Gasteiger partial charge is 0.465 e. The Morgan fingerprint density at radius 2 is 2.17 bits per heavy atom. The molecule has 7 heteroatoms. The highest BCUT2D eigenvalue weighted by atomic mass is 28.3. The van der Waals surface area contributed by atoms with Crippen molar-refractivity contribution in [3.8, 4) is 5.75 Å². The second-order valence-electron chi connectivity index (χ2n) is 7.44. The molecule has 0 aromatic heterocycles. The Bertz CT molecular complexity index is 565. The third-order valence-electron chi connectivity index (χ3n) is 4.44. The van der Waals surface area contributed by atoms with Crippen molar-refractivity contribution in [2.24, 2.45) is 0 Å². The third-order valence-corrected chi connectivity index (χ3v) is 6.16. The second-order valence-corrected chi connectivity index (χ2v) is 13.1. The molecule has 0 spiro atoms. The molecule has 2 N–H and O–H groups in total. The van der Waals surface area contributed by atoms with Crippen LogP contribution in [-0.4, -0.2) is 56.7 Å². The summed E-state index contributed by atoms with van der Waals surface area (Å²) >= 11 is 0. The topological polar surface area (TPSA) is 61.8 Å². The van der Waals surface area contributed by atoms with Gasteiger partial charge in [-0.2, -0.15) is 0 Å². The van der Waals surface area contributed by atoms with E-state index in [1.54, 1.807) is 11.0 Å². The fourth-order valence-corrected chi connectivity index (χ4v) is 4.00. The van der Waals surface area contributed by atoms with Crippen molar-refractivity contribution >= 4 is 14.2 Å². The van der Waals surface area contributed by atoms with E-state index in [4.69, 9.17) is 4.74 Å². The van der Waals surface area contributed by atoms with Crippen molar-refractivity contribution in [1.82, 2.24) is 10.2 Å². The van der Waals surface area contributed by atoms with E-state index in [-0.39, 0.29) is 12.0 Å². The number of ether oxygens (including phenoxy) is 1. The lowest BCUT2D eigenvalue weighted by molar-refractivity contribution is 0.127. The second kappa shape index (κ2) is 7.98. The molecular formula is C17H27FN2O3Si. The fourth-order valence-electron chi connectivity index (χ4n) is 3.09. The molecule has 1 aromatic carbocycles. The minimum absolute atomic E-state index is 0.0471. The average Bonchev–Trinajstić information content (AvgIpc) is 2.96. The van der Waals surface area contributed by atoms with E-state index >= 15 is 0 Å². The first-order valence-corrected chi connectivity index (χ1v) is 12.0. The highest BCUT2D eigenvalue weighted by Crippen LogP contribution is 2.30. The van der Waals surface area contributed by atoms with Gasteiger partial charge in [-0.1, -0.05) is 31.8 Å². The van der Waals surface area contributed by atoms with Gasteiger partial charge in [0.15, 0.2) is 0 Å². The maximum Gasteiger partial charge on any atom is 0.407 e. The molecule has 0 aliphatic carbocycles. The van der Waals surface area contributed by atoms with Crippen molar-refractivity contribution in [2.45, 2.75) is 37.6 Å². The van der Waals surface area contributed by atoms with Crippen LogP contribution in [-0.2, 0) is 0 Å². The summed E-state index contributed by atoms with van der Waals surface area (Å²) in [4.78, 5) is 13.4. The smallest absolute Gasteiger partial charge is 0.407 e. The van der Waals surface area contributed by atoms with Gasteiger partial charge in [-0.05, 0) is 23.7 Å². The Morgan fingerprint density at radius 1 is 1.42 bits per heavy atom. The first-order valence-electron chi connectivity index (χ1n) is 8.31. The van der Waals surface area contributed by atoms with Gasteiger partial charge in [-0.3, -0.25) is 0 Å². The molecule has 0 radical (unpaired) electrons. The first kappa shape index (κ1) is 18.7. The van der Waals surface area contributed by atoms with Crippen molar-refractivity contribution in [3.05, 3.63) is 29.8 Å². The molecule has 5 nitrogen and oxygen atoms in total. The minimum atomic E-state index is -1.32. The molecule has 1 aliphatic heterocycles. The van der Waals surface area contributed by atoms with Gasteiger partial charge < -0.3 is 20.1 Å². The molecule has 2 rings (SSSR count). The van der Waals surface area contributed by atoms with Crippen LogP contribution in [0.1, 0.15) is 11.5 Å². The zero-order valence-electron chi connectivity index (χ0n) is 14.6. The number of rotatable bonds is 7. The lowest BCUT2D eigenvalue weighted by Gasteiger charge is -2.32. The molecule has 0 bridgehead atoms. The van der Waals surface area contributed by atoms with Crippen LogP contribution < -0.4 is 10.1 Å². The van der Waals surface area contributed by atoms with Crippen LogP contribution >= 0.6 is 0 Å². The minimum Gasteiger partial charge on any atom is -0.465 e. The SMILES string of the molecule is C[Si](C)(C)CCN(C(=O)O)[C@H]1CNC[C@@H]1c1cccc(OCF)c1. The van der Waals surface area contributed by atoms with Gasteiger partial charge in [0, 0.05) is 33.6 Å². The summed E-state index contributed by atoms with van der Waals surface area (Å²) in [6.07, 6.45) is -0.872. The number of amides is 1. The van der Waals surface area contributed by atoms with E-state index < -0.39 is 21.0 Å². The monoisotopic (exact) mass is 354 g/mol. The van der Waals surface area contributed by atoms with Crippen molar-refractivity contribution in [1.29, 1.82) is 0 Å². The van der Waals surface area contributed by atoms with E-state index in [0.717, 1.165) is 11.6 Å². The standard InChI is InChI=1S/C17H27FN2O3Si/c1-24(2,3)8-7-20(17(21)22)16-11-19-10-15(16)13-5-4-6-14(9-13)23-12-18/h4-6,9,15-16,19H,7-8,10-12H2,1-3H3,(H,21,22)/t15-,16+/m1/s1. The number of hydrogen-bond donors (Lipinski definition) is 2. The van der Waals surface area contributed by atoms with Gasteiger partial charge in [0.2, 0.25) is 6.86 Å². The van der Waals surface area contributed by atoms with Gasteiger partial charge in [0.1, 0.15) is 5.75 Å². The number of carbonyl (C=O) groups is 1. The predicted octanol–water partition coefficient (Wildman–Crippen LogP) is 3.37. The summed E-state index contributed by atoms with van der Waals surface area (Å²) in [6.45, 7) is 7.78. The van der Waals surface area contributed by atoms with Crippen molar-refractivity contribution in [2.75, 3.05) is 26.5 Å². The fraction of sp³-hybridized carbons (Fsp3) is 0.588. The lowest BCUT2D eigenvalue weighted by atomic mass is 9.93. The molecule has 1 heterocycles. The number of alkyl halides is 1. The summed E-state index contributed by atoms with van der Waals surface area (Å²) < 4.78 is 17.3. The lowest BCUT2D eigenvalue weighted by Crippen LogP contribution is -2.45. The van der Waals surface area contributed by atoms with Crippen LogP contribution in [0.15, 0.2) is 24.3 Å². The number of halogens is 1. The highest BCUT2D eigenvalue weighted by molar-refractivity contribution is 6.76. The Hall–Kier alpha value is -1.60. The maximum absolute atomic E-state index is 12.4. The molecule has 1 saturated heterocycles. The molecular weight excluding hydrogens is 327 g/mol. The van der Waals surface area contributed by atoms with Gasteiger partial charge in [0.25, 0.3) is 0 Å². The van der Waals surface area contributed by atoms with E-state index in [1.165, 1.54) is 0 Å². The molecule has 1 aromatic rings. The summed E-state index contributed by atoms with van der Waals surface area (Å²) in [5, 5.41) is 13.0. The zero-order chi connectivity index (χ0) is 17.7. The number of benzene rings is 1. The first-order chi connectivity index (χ1) is 11.3. The van der Waals surface area contributed by atoms with Gasteiger partial charge in [0.05, 0.1) is 6.04 Å². The van der Waals surface area contributed by atoms with Crippen LogP contribution in [0, 0.1) is 0 Å². The average molecular weight is 354 g/mol. The van der Waals surface area contributed by atoms with Crippen molar-refractivity contribution in [3.63, 3.8) is 0 Å². The van der Waals surface area contributed by atoms with E-state index in [2.05, 4.69) is 25.0 Å². The Labute approximate surface area is 143 Å². The van der Waals surface area contributed by atoms with Crippen LogP contribution in [0.4, 0.5) is 9.18 Å².